The van der Waals surface area contributed by atoms with E-state index in [9.17, 15) is 9.59 Å². The smallest absolute Gasteiger partial charge is 0.346 e. The van der Waals surface area contributed by atoms with Gasteiger partial charge in [0.2, 0.25) is 0 Å². The first-order valence-corrected chi connectivity index (χ1v) is 11.9. The maximum atomic E-state index is 13.2. The quantitative estimate of drug-likeness (QED) is 0.305. The van der Waals surface area contributed by atoms with Gasteiger partial charge in [0, 0.05) is 29.7 Å². The van der Waals surface area contributed by atoms with Gasteiger partial charge in [-0.05, 0) is 58.6 Å². The molecule has 0 fully saturated rings. The van der Waals surface area contributed by atoms with Gasteiger partial charge in [0.1, 0.15) is 17.2 Å². The van der Waals surface area contributed by atoms with Crippen molar-refractivity contribution in [3.8, 4) is 17.2 Å². The SMILES string of the molecule is CC1(C)CCN2CCC(C)(C)c3c2c1cc1cc(-c2ccc(/C=C(\C#N)C(=O)O)cc2)c(=O)oc31. The molecular weight excluding hydrogens is 440 g/mol. The summed E-state index contributed by atoms with van der Waals surface area (Å²) < 4.78 is 6.05. The Balaban J connectivity index is 1.69. The molecule has 0 saturated heterocycles. The first kappa shape index (κ1) is 22.9. The van der Waals surface area contributed by atoms with Crippen LogP contribution in [-0.2, 0) is 15.6 Å². The Bertz CT molecular complexity index is 1500. The van der Waals surface area contributed by atoms with Crippen LogP contribution >= 0.6 is 0 Å². The summed E-state index contributed by atoms with van der Waals surface area (Å²) in [6, 6.07) is 12.7. The van der Waals surface area contributed by atoms with Crippen molar-refractivity contribution in [3.63, 3.8) is 0 Å². The molecule has 6 heteroatoms. The molecule has 0 amide bonds. The minimum atomic E-state index is -1.27. The topological polar surface area (TPSA) is 94.5 Å². The van der Waals surface area contributed by atoms with Gasteiger partial charge in [0.05, 0.1) is 5.56 Å². The molecule has 1 N–H and O–H groups in total. The van der Waals surface area contributed by atoms with Gasteiger partial charge in [0.25, 0.3) is 0 Å². The summed E-state index contributed by atoms with van der Waals surface area (Å²) in [4.78, 5) is 26.8. The molecule has 0 spiro atoms. The summed E-state index contributed by atoms with van der Waals surface area (Å²) in [6.45, 7) is 11.0. The number of aliphatic carboxylic acids is 1. The molecule has 0 atom stereocenters. The van der Waals surface area contributed by atoms with Crippen molar-refractivity contribution in [1.82, 2.24) is 0 Å². The summed E-state index contributed by atoms with van der Waals surface area (Å²) in [6.07, 6.45) is 3.38. The molecule has 5 rings (SSSR count). The summed E-state index contributed by atoms with van der Waals surface area (Å²) in [5.74, 6) is -1.27. The Hall–Kier alpha value is -3.85. The monoisotopic (exact) mass is 468 g/mol. The predicted octanol–water partition coefficient (Wildman–Crippen LogP) is 5.62. The molecule has 0 saturated carbocycles. The molecule has 3 aromatic rings. The molecule has 0 aliphatic carbocycles. The van der Waals surface area contributed by atoms with E-state index >= 15 is 0 Å². The summed E-state index contributed by atoms with van der Waals surface area (Å²) in [7, 11) is 0. The molecule has 2 aliphatic heterocycles. The van der Waals surface area contributed by atoms with Crippen LogP contribution in [0.4, 0.5) is 5.69 Å². The van der Waals surface area contributed by atoms with Crippen molar-refractivity contribution in [2.75, 3.05) is 18.0 Å². The average molecular weight is 469 g/mol. The number of nitrogens with zero attached hydrogens (tertiary/aromatic N) is 2. The summed E-state index contributed by atoms with van der Waals surface area (Å²) in [5, 5.41) is 19.0. The van der Waals surface area contributed by atoms with Crippen molar-refractivity contribution in [2.45, 2.75) is 51.4 Å². The van der Waals surface area contributed by atoms with Crippen LogP contribution in [0.25, 0.3) is 28.2 Å². The van der Waals surface area contributed by atoms with Gasteiger partial charge in [-0.2, -0.15) is 5.26 Å². The normalized spacial score (nSPS) is 18.1. The zero-order valence-electron chi connectivity index (χ0n) is 20.4. The van der Waals surface area contributed by atoms with Gasteiger partial charge in [-0.25, -0.2) is 9.59 Å². The third kappa shape index (κ3) is 3.72. The van der Waals surface area contributed by atoms with E-state index in [0.717, 1.165) is 36.9 Å². The maximum absolute atomic E-state index is 13.2. The molecule has 0 bridgehead atoms. The van der Waals surface area contributed by atoms with E-state index in [4.69, 9.17) is 14.8 Å². The number of carboxylic acids is 1. The Morgan fingerprint density at radius 1 is 1.09 bits per heavy atom. The number of benzene rings is 2. The number of hydrogen-bond donors (Lipinski definition) is 1. The van der Waals surface area contributed by atoms with Crippen LogP contribution in [0, 0.1) is 11.3 Å². The molecule has 35 heavy (non-hydrogen) atoms. The Labute approximate surface area is 204 Å². The molecule has 1 aromatic heterocycles. The molecule has 2 aromatic carbocycles. The van der Waals surface area contributed by atoms with Gasteiger partial charge >= 0.3 is 11.6 Å². The predicted molar refractivity (Wildman–Crippen MR) is 137 cm³/mol. The van der Waals surface area contributed by atoms with Gasteiger partial charge in [-0.1, -0.05) is 52.0 Å². The van der Waals surface area contributed by atoms with Crippen LogP contribution < -0.4 is 10.5 Å². The minimum absolute atomic E-state index is 0.0229. The second-order valence-electron chi connectivity index (χ2n) is 10.9. The highest BCUT2D eigenvalue weighted by Gasteiger charge is 2.41. The van der Waals surface area contributed by atoms with E-state index in [1.807, 2.05) is 6.07 Å². The number of carboxylic acid groups (broad SMARTS) is 1. The fourth-order valence-corrected chi connectivity index (χ4v) is 5.42. The first-order chi connectivity index (χ1) is 16.5. The van der Waals surface area contributed by atoms with Gasteiger partial charge in [0.15, 0.2) is 0 Å². The number of fused-ring (bicyclic) bond motifs is 2. The van der Waals surface area contributed by atoms with Crippen LogP contribution in [0.15, 0.2) is 51.2 Å². The van der Waals surface area contributed by atoms with Crippen molar-refractivity contribution in [3.05, 3.63) is 69.1 Å². The van der Waals surface area contributed by atoms with Crippen molar-refractivity contribution < 1.29 is 14.3 Å². The lowest BCUT2D eigenvalue weighted by Crippen LogP contribution is -2.44. The van der Waals surface area contributed by atoms with Crippen molar-refractivity contribution >= 4 is 28.7 Å². The Morgan fingerprint density at radius 3 is 2.37 bits per heavy atom. The zero-order valence-corrected chi connectivity index (χ0v) is 20.4. The van der Waals surface area contributed by atoms with Gasteiger partial charge in [-0.15, -0.1) is 0 Å². The lowest BCUT2D eigenvalue weighted by atomic mass is 9.69. The summed E-state index contributed by atoms with van der Waals surface area (Å²) in [5.41, 5.74) is 5.22. The van der Waals surface area contributed by atoms with Crippen LogP contribution in [0.3, 0.4) is 0 Å². The standard InChI is InChI=1S/C29H28N2O4/c1-28(2)9-11-31-12-10-29(3,4)23-24(31)22(28)15-19-14-21(27(34)35-25(19)23)18-7-5-17(6-8-18)13-20(16-30)26(32)33/h5-8,13-15H,9-12H2,1-4H3,(H,32,33)/b20-13+. The second-order valence-corrected chi connectivity index (χ2v) is 10.9. The number of rotatable bonds is 3. The summed E-state index contributed by atoms with van der Waals surface area (Å²) >= 11 is 0. The van der Waals surface area contributed by atoms with Crippen LogP contribution in [0.2, 0.25) is 0 Å². The zero-order chi connectivity index (χ0) is 25.1. The van der Waals surface area contributed by atoms with Crippen LogP contribution in [-0.4, -0.2) is 24.2 Å². The van der Waals surface area contributed by atoms with E-state index in [2.05, 4.69) is 38.7 Å². The number of anilines is 1. The molecule has 2 aliphatic rings. The second kappa shape index (κ2) is 7.84. The van der Waals surface area contributed by atoms with E-state index in [-0.39, 0.29) is 16.4 Å². The molecule has 0 unspecified atom stereocenters. The van der Waals surface area contributed by atoms with Crippen LogP contribution in [0.1, 0.15) is 57.2 Å². The molecule has 178 valence electrons. The molecule has 6 nitrogen and oxygen atoms in total. The highest BCUT2D eigenvalue weighted by molar-refractivity contribution is 5.96. The average Bonchev–Trinajstić information content (AvgIpc) is 2.80. The highest BCUT2D eigenvalue weighted by Crippen LogP contribution is 2.51. The number of carbonyl (C=O) groups is 1. The lowest BCUT2D eigenvalue weighted by Gasteiger charge is -2.48. The van der Waals surface area contributed by atoms with Gasteiger partial charge in [-0.3, -0.25) is 0 Å². The van der Waals surface area contributed by atoms with Crippen molar-refractivity contribution in [2.24, 2.45) is 0 Å². The third-order valence-corrected chi connectivity index (χ3v) is 7.61. The fourth-order valence-electron chi connectivity index (χ4n) is 5.42. The Kier molecular flexibility index (Phi) is 5.14. The minimum Gasteiger partial charge on any atom is -0.477 e. The lowest BCUT2D eigenvalue weighted by molar-refractivity contribution is -0.132. The van der Waals surface area contributed by atoms with Crippen molar-refractivity contribution in [1.29, 1.82) is 5.26 Å². The van der Waals surface area contributed by atoms with E-state index in [1.165, 1.54) is 17.3 Å². The van der Waals surface area contributed by atoms with E-state index < -0.39 is 11.6 Å². The Morgan fingerprint density at radius 2 is 1.74 bits per heavy atom. The maximum Gasteiger partial charge on any atom is 0.346 e. The first-order valence-electron chi connectivity index (χ1n) is 11.9. The number of hydrogen-bond acceptors (Lipinski definition) is 5. The molecule has 0 radical (unpaired) electrons. The third-order valence-electron chi connectivity index (χ3n) is 7.61. The van der Waals surface area contributed by atoms with E-state index in [0.29, 0.717) is 22.3 Å². The largest absolute Gasteiger partial charge is 0.477 e. The number of nitriles is 1. The highest BCUT2D eigenvalue weighted by atomic mass is 16.4. The molecule has 3 heterocycles. The van der Waals surface area contributed by atoms with Crippen LogP contribution in [0.5, 0.6) is 0 Å². The fraction of sp³-hybridized carbons (Fsp3) is 0.345. The van der Waals surface area contributed by atoms with Gasteiger partial charge < -0.3 is 14.4 Å². The molecular formula is C29H28N2O4. The van der Waals surface area contributed by atoms with E-state index in [1.54, 1.807) is 30.3 Å².